The fourth-order valence-electron chi connectivity index (χ4n) is 2.34. The Kier molecular flexibility index (Phi) is 4.78. The lowest BCUT2D eigenvalue weighted by molar-refractivity contribution is 0.444. The molecule has 0 radical (unpaired) electrons. The first kappa shape index (κ1) is 17.2. The van der Waals surface area contributed by atoms with Gasteiger partial charge in [0.15, 0.2) is 0 Å². The van der Waals surface area contributed by atoms with Gasteiger partial charge < -0.3 is 0 Å². The van der Waals surface area contributed by atoms with Crippen molar-refractivity contribution in [3.63, 3.8) is 0 Å². The summed E-state index contributed by atoms with van der Waals surface area (Å²) >= 11 is 4.75. The Morgan fingerprint density at radius 1 is 1.43 bits per heavy atom. The number of nitrogens with one attached hydrogen (secondary N) is 1. The van der Waals surface area contributed by atoms with Gasteiger partial charge in [-0.3, -0.25) is 4.98 Å². The second-order valence-corrected chi connectivity index (χ2v) is 10.7. The third-order valence-electron chi connectivity index (χ3n) is 3.51. The Morgan fingerprint density at radius 3 is 2.91 bits per heavy atom. The number of pyridine rings is 1. The van der Waals surface area contributed by atoms with Crippen LogP contribution in [-0.4, -0.2) is 51.5 Å². The number of fused-ring (bicyclic) bond motifs is 1. The van der Waals surface area contributed by atoms with E-state index in [1.54, 1.807) is 6.07 Å². The molecule has 126 valence electrons. The van der Waals surface area contributed by atoms with Crippen molar-refractivity contribution in [2.45, 2.75) is 11.3 Å². The number of rotatable bonds is 5. The molecule has 0 aromatic carbocycles. The van der Waals surface area contributed by atoms with Gasteiger partial charge in [-0.25, -0.2) is 25.9 Å². The van der Waals surface area contributed by atoms with Crippen molar-refractivity contribution in [3.05, 3.63) is 22.1 Å². The minimum absolute atomic E-state index is 0.0355. The van der Waals surface area contributed by atoms with E-state index in [4.69, 9.17) is 0 Å². The largest absolute Gasteiger partial charge is 0.253 e. The minimum atomic E-state index is -3.71. The van der Waals surface area contributed by atoms with E-state index in [1.807, 2.05) is 5.38 Å². The quantitative estimate of drug-likeness (QED) is 0.758. The summed E-state index contributed by atoms with van der Waals surface area (Å²) in [5, 5.41) is 1.85. The number of sulfonamides is 2. The van der Waals surface area contributed by atoms with Crippen molar-refractivity contribution < 1.29 is 16.8 Å². The third kappa shape index (κ3) is 3.59. The van der Waals surface area contributed by atoms with Gasteiger partial charge in [-0.05, 0) is 28.4 Å². The number of hydrogen-bond donors (Lipinski definition) is 1. The first-order valence-corrected chi connectivity index (χ1v) is 11.6. The van der Waals surface area contributed by atoms with Crippen molar-refractivity contribution in [2.24, 2.45) is 0 Å². The maximum atomic E-state index is 12.3. The van der Waals surface area contributed by atoms with Crippen LogP contribution < -0.4 is 4.72 Å². The molecule has 1 aliphatic rings. The van der Waals surface area contributed by atoms with Crippen LogP contribution in [0.1, 0.15) is 6.42 Å². The van der Waals surface area contributed by atoms with Gasteiger partial charge in [-0.15, -0.1) is 11.3 Å². The molecule has 23 heavy (non-hydrogen) atoms. The fourth-order valence-corrected chi connectivity index (χ4v) is 6.48. The summed E-state index contributed by atoms with van der Waals surface area (Å²) in [6.07, 6.45) is 1.89. The maximum absolute atomic E-state index is 12.3. The molecule has 0 amide bonds. The molecular formula is C12H14BrN3O4S3. The van der Waals surface area contributed by atoms with Gasteiger partial charge in [0, 0.05) is 31.2 Å². The zero-order chi connectivity index (χ0) is 16.7. The molecule has 0 atom stereocenters. The van der Waals surface area contributed by atoms with E-state index < -0.39 is 20.0 Å². The monoisotopic (exact) mass is 439 g/mol. The normalized spacial score (nSPS) is 18.7. The van der Waals surface area contributed by atoms with E-state index in [0.29, 0.717) is 13.0 Å². The van der Waals surface area contributed by atoms with Gasteiger partial charge in [-0.1, -0.05) is 0 Å². The molecule has 2 aromatic heterocycles. The summed E-state index contributed by atoms with van der Waals surface area (Å²) in [7, 11) is -6.93. The second-order valence-electron chi connectivity index (χ2n) is 5.07. The van der Waals surface area contributed by atoms with Gasteiger partial charge in [0.2, 0.25) is 20.0 Å². The van der Waals surface area contributed by atoms with Crippen molar-refractivity contribution in [1.29, 1.82) is 0 Å². The molecule has 0 aliphatic carbocycles. The van der Waals surface area contributed by atoms with Crippen LogP contribution >= 0.6 is 27.3 Å². The van der Waals surface area contributed by atoms with Crippen LogP contribution in [0.25, 0.3) is 10.2 Å². The molecule has 1 N–H and O–H groups in total. The summed E-state index contributed by atoms with van der Waals surface area (Å²) in [6, 6.07) is 1.56. The molecule has 3 rings (SSSR count). The van der Waals surface area contributed by atoms with Crippen LogP contribution in [0.2, 0.25) is 0 Å². The first-order chi connectivity index (χ1) is 10.8. The highest BCUT2D eigenvalue weighted by atomic mass is 79.9. The lowest BCUT2D eigenvalue weighted by atomic mass is 10.4. The smallest absolute Gasteiger partial charge is 0.242 e. The lowest BCUT2D eigenvalue weighted by Gasteiger charge is -2.14. The van der Waals surface area contributed by atoms with Crippen LogP contribution in [0.3, 0.4) is 0 Å². The van der Waals surface area contributed by atoms with E-state index in [9.17, 15) is 16.8 Å². The number of thiophene rings is 1. The van der Waals surface area contributed by atoms with E-state index in [1.165, 1.54) is 21.8 Å². The van der Waals surface area contributed by atoms with Gasteiger partial charge in [0.05, 0.1) is 20.4 Å². The number of halogens is 1. The maximum Gasteiger partial charge on any atom is 0.242 e. The Balaban J connectivity index is 1.70. The number of aromatic nitrogens is 1. The molecule has 0 bridgehead atoms. The van der Waals surface area contributed by atoms with Crippen molar-refractivity contribution in [2.75, 3.05) is 25.4 Å². The Labute approximate surface area is 146 Å². The van der Waals surface area contributed by atoms with Crippen molar-refractivity contribution in [1.82, 2.24) is 14.0 Å². The summed E-state index contributed by atoms with van der Waals surface area (Å²) in [5.41, 5.74) is 0.720. The van der Waals surface area contributed by atoms with Gasteiger partial charge >= 0.3 is 0 Å². The van der Waals surface area contributed by atoms with Gasteiger partial charge in [0.1, 0.15) is 4.90 Å². The zero-order valence-corrected chi connectivity index (χ0v) is 15.9. The van der Waals surface area contributed by atoms with E-state index in [0.717, 1.165) is 14.7 Å². The Morgan fingerprint density at radius 2 is 2.22 bits per heavy atom. The Bertz CT molecular complexity index is 940. The molecule has 0 saturated carbocycles. The predicted octanol–water partition coefficient (Wildman–Crippen LogP) is 1.37. The molecule has 1 aliphatic heterocycles. The number of hydrogen-bond acceptors (Lipinski definition) is 6. The third-order valence-corrected chi connectivity index (χ3v) is 8.72. The predicted molar refractivity (Wildman–Crippen MR) is 92.5 cm³/mol. The molecule has 1 fully saturated rings. The van der Waals surface area contributed by atoms with Crippen LogP contribution in [0.5, 0.6) is 0 Å². The van der Waals surface area contributed by atoms with Gasteiger partial charge in [-0.2, -0.15) is 0 Å². The van der Waals surface area contributed by atoms with Crippen LogP contribution in [0, 0.1) is 0 Å². The highest BCUT2D eigenvalue weighted by Gasteiger charge is 2.28. The molecule has 0 spiro atoms. The summed E-state index contributed by atoms with van der Waals surface area (Å²) < 4.78 is 53.3. The fraction of sp³-hybridized carbons (Fsp3) is 0.417. The summed E-state index contributed by atoms with van der Waals surface area (Å²) in [6.45, 7) is 0.621. The molecule has 7 nitrogen and oxygen atoms in total. The topological polar surface area (TPSA) is 96.4 Å². The number of nitrogens with zero attached hydrogens (tertiary/aromatic N) is 2. The average Bonchev–Trinajstić information content (AvgIpc) is 3.02. The second kappa shape index (κ2) is 6.37. The average molecular weight is 440 g/mol. The Hall–Kier alpha value is -0.590. The molecule has 1 saturated heterocycles. The summed E-state index contributed by atoms with van der Waals surface area (Å²) in [4.78, 5) is 4.23. The van der Waals surface area contributed by atoms with E-state index in [2.05, 4.69) is 25.6 Å². The molecule has 2 aromatic rings. The highest BCUT2D eigenvalue weighted by Crippen LogP contribution is 2.29. The SMILES string of the molecule is O=S(=O)(NCCN1CCCS1(=O)=O)c1cnc2c(Br)csc2c1. The molecule has 11 heteroatoms. The van der Waals surface area contributed by atoms with Crippen LogP contribution in [-0.2, 0) is 20.0 Å². The van der Waals surface area contributed by atoms with Gasteiger partial charge in [0.25, 0.3) is 0 Å². The molecule has 3 heterocycles. The van der Waals surface area contributed by atoms with Crippen molar-refractivity contribution in [3.8, 4) is 0 Å². The first-order valence-electron chi connectivity index (χ1n) is 6.80. The van der Waals surface area contributed by atoms with Crippen LogP contribution in [0.15, 0.2) is 27.0 Å². The lowest BCUT2D eigenvalue weighted by Crippen LogP contribution is -2.35. The minimum Gasteiger partial charge on any atom is -0.253 e. The van der Waals surface area contributed by atoms with Crippen LogP contribution in [0.4, 0.5) is 0 Å². The highest BCUT2D eigenvalue weighted by molar-refractivity contribution is 9.10. The summed E-state index contributed by atoms with van der Waals surface area (Å²) in [5.74, 6) is 0.133. The van der Waals surface area contributed by atoms with E-state index in [-0.39, 0.29) is 23.7 Å². The zero-order valence-electron chi connectivity index (χ0n) is 11.9. The van der Waals surface area contributed by atoms with E-state index >= 15 is 0 Å². The van der Waals surface area contributed by atoms with Crippen molar-refractivity contribution >= 4 is 57.5 Å². The molecule has 0 unspecified atom stereocenters. The standard InChI is InChI=1S/C12H14BrN3O4S3/c13-10-8-21-11-6-9(7-14-12(10)11)23(19,20)15-2-4-16-3-1-5-22(16,17)18/h6-8,15H,1-5H2. The molecular weight excluding hydrogens is 426 g/mol.